The lowest BCUT2D eigenvalue weighted by atomic mass is 10.0. The standard InChI is InChI=1S/C16H13BrF2O2/c1-2-9-21-11-5-3-10(4-6-11)16(20)12-7-8-13(18)15(19)14(12)17/h3-8H,2,9H2,1H3. The van der Waals surface area contributed by atoms with Crippen molar-refractivity contribution in [3.05, 3.63) is 63.6 Å². The normalized spacial score (nSPS) is 10.5. The van der Waals surface area contributed by atoms with Gasteiger partial charge in [-0.15, -0.1) is 0 Å². The number of ketones is 1. The van der Waals surface area contributed by atoms with E-state index in [1.165, 1.54) is 6.07 Å². The van der Waals surface area contributed by atoms with Crippen LogP contribution >= 0.6 is 15.9 Å². The molecule has 5 heteroatoms. The van der Waals surface area contributed by atoms with Crippen LogP contribution in [-0.2, 0) is 0 Å². The molecule has 0 aliphatic rings. The van der Waals surface area contributed by atoms with Gasteiger partial charge in [-0.1, -0.05) is 6.92 Å². The fourth-order valence-corrected chi connectivity index (χ4v) is 2.28. The summed E-state index contributed by atoms with van der Waals surface area (Å²) in [6.07, 6.45) is 0.891. The Bertz CT molecular complexity index is 654. The van der Waals surface area contributed by atoms with Crippen molar-refractivity contribution >= 4 is 21.7 Å². The van der Waals surface area contributed by atoms with Gasteiger partial charge in [0.25, 0.3) is 0 Å². The zero-order chi connectivity index (χ0) is 15.4. The molecule has 2 rings (SSSR count). The smallest absolute Gasteiger partial charge is 0.194 e. The van der Waals surface area contributed by atoms with Crippen LogP contribution in [0.3, 0.4) is 0 Å². The van der Waals surface area contributed by atoms with Gasteiger partial charge in [-0.05, 0) is 58.7 Å². The number of carbonyl (C=O) groups is 1. The Morgan fingerprint density at radius 1 is 1.14 bits per heavy atom. The third-order valence-electron chi connectivity index (χ3n) is 2.87. The van der Waals surface area contributed by atoms with Crippen LogP contribution in [0.2, 0.25) is 0 Å². The number of benzene rings is 2. The number of ether oxygens (including phenoxy) is 1. The minimum atomic E-state index is -1.07. The summed E-state index contributed by atoms with van der Waals surface area (Å²) in [6, 6.07) is 8.74. The van der Waals surface area contributed by atoms with Crippen LogP contribution in [0, 0.1) is 11.6 Å². The molecule has 0 fully saturated rings. The molecule has 0 spiro atoms. The highest BCUT2D eigenvalue weighted by Crippen LogP contribution is 2.26. The quantitative estimate of drug-likeness (QED) is 0.572. The average molecular weight is 355 g/mol. The highest BCUT2D eigenvalue weighted by atomic mass is 79.9. The third-order valence-corrected chi connectivity index (χ3v) is 3.64. The molecular formula is C16H13BrF2O2. The molecule has 0 radical (unpaired) electrons. The Morgan fingerprint density at radius 3 is 2.43 bits per heavy atom. The predicted octanol–water partition coefficient (Wildman–Crippen LogP) is 4.75. The number of rotatable bonds is 5. The lowest BCUT2D eigenvalue weighted by molar-refractivity contribution is 0.103. The molecular weight excluding hydrogens is 342 g/mol. The Hall–Kier alpha value is -1.75. The summed E-state index contributed by atoms with van der Waals surface area (Å²) >= 11 is 2.92. The summed E-state index contributed by atoms with van der Waals surface area (Å²) < 4.78 is 31.8. The van der Waals surface area contributed by atoms with Crippen molar-refractivity contribution in [2.24, 2.45) is 0 Å². The topological polar surface area (TPSA) is 26.3 Å². The van der Waals surface area contributed by atoms with Gasteiger partial charge in [-0.3, -0.25) is 4.79 Å². The molecule has 0 aromatic heterocycles. The Morgan fingerprint density at radius 2 is 1.81 bits per heavy atom. The first-order chi connectivity index (χ1) is 10.0. The molecule has 2 aromatic rings. The molecule has 2 aromatic carbocycles. The summed E-state index contributed by atoms with van der Waals surface area (Å²) in [4.78, 5) is 12.3. The minimum absolute atomic E-state index is 0.0797. The largest absolute Gasteiger partial charge is 0.494 e. The van der Waals surface area contributed by atoms with Crippen molar-refractivity contribution in [2.75, 3.05) is 6.61 Å². The van der Waals surface area contributed by atoms with E-state index < -0.39 is 11.6 Å². The fourth-order valence-electron chi connectivity index (χ4n) is 1.78. The zero-order valence-corrected chi connectivity index (χ0v) is 12.9. The molecule has 0 heterocycles. The molecule has 2 nitrogen and oxygen atoms in total. The molecule has 0 aliphatic heterocycles. The number of carbonyl (C=O) groups excluding carboxylic acids is 1. The van der Waals surface area contributed by atoms with Gasteiger partial charge in [0.05, 0.1) is 11.1 Å². The lowest BCUT2D eigenvalue weighted by Crippen LogP contribution is -2.05. The van der Waals surface area contributed by atoms with Gasteiger partial charge < -0.3 is 4.74 Å². The van der Waals surface area contributed by atoms with Gasteiger partial charge in [0, 0.05) is 11.1 Å². The lowest BCUT2D eigenvalue weighted by Gasteiger charge is -2.07. The van der Waals surface area contributed by atoms with Gasteiger partial charge in [0.1, 0.15) is 5.75 Å². The van der Waals surface area contributed by atoms with Crippen molar-refractivity contribution < 1.29 is 18.3 Å². The Kier molecular flexibility index (Phi) is 5.07. The summed E-state index contributed by atoms with van der Waals surface area (Å²) in [7, 11) is 0. The van der Waals surface area contributed by atoms with E-state index in [0.29, 0.717) is 17.9 Å². The number of hydrogen-bond acceptors (Lipinski definition) is 2. The van der Waals surface area contributed by atoms with E-state index in [2.05, 4.69) is 15.9 Å². The Balaban J connectivity index is 2.26. The minimum Gasteiger partial charge on any atom is -0.494 e. The summed E-state index contributed by atoms with van der Waals surface area (Å²) in [5.41, 5.74) is 0.460. The van der Waals surface area contributed by atoms with Gasteiger partial charge in [0.15, 0.2) is 17.4 Å². The number of halogens is 3. The zero-order valence-electron chi connectivity index (χ0n) is 11.3. The maximum Gasteiger partial charge on any atom is 0.194 e. The van der Waals surface area contributed by atoms with Gasteiger partial charge >= 0.3 is 0 Å². The molecule has 0 N–H and O–H groups in total. The van der Waals surface area contributed by atoms with Crippen LogP contribution in [0.5, 0.6) is 5.75 Å². The van der Waals surface area contributed by atoms with Crippen LogP contribution in [0.15, 0.2) is 40.9 Å². The van der Waals surface area contributed by atoms with Gasteiger partial charge in [0.2, 0.25) is 0 Å². The van der Waals surface area contributed by atoms with Crippen molar-refractivity contribution in [2.45, 2.75) is 13.3 Å². The van der Waals surface area contributed by atoms with Crippen LogP contribution in [0.1, 0.15) is 29.3 Å². The van der Waals surface area contributed by atoms with Crippen LogP contribution < -0.4 is 4.74 Å². The third kappa shape index (κ3) is 3.47. The molecule has 0 saturated carbocycles. The molecule has 21 heavy (non-hydrogen) atoms. The first kappa shape index (κ1) is 15.6. The van der Waals surface area contributed by atoms with Crippen molar-refractivity contribution in [3.63, 3.8) is 0 Å². The summed E-state index contributed by atoms with van der Waals surface area (Å²) in [5, 5.41) is 0. The van der Waals surface area contributed by atoms with E-state index in [0.717, 1.165) is 12.5 Å². The molecule has 0 unspecified atom stereocenters. The molecule has 0 atom stereocenters. The van der Waals surface area contributed by atoms with E-state index in [4.69, 9.17) is 4.74 Å². The van der Waals surface area contributed by atoms with E-state index >= 15 is 0 Å². The van der Waals surface area contributed by atoms with E-state index in [1.807, 2.05) is 6.92 Å². The van der Waals surface area contributed by atoms with Crippen LogP contribution in [-0.4, -0.2) is 12.4 Å². The van der Waals surface area contributed by atoms with Gasteiger partial charge in [-0.2, -0.15) is 0 Å². The van der Waals surface area contributed by atoms with E-state index in [1.54, 1.807) is 24.3 Å². The van der Waals surface area contributed by atoms with Crippen molar-refractivity contribution in [1.29, 1.82) is 0 Å². The van der Waals surface area contributed by atoms with Crippen LogP contribution in [0.4, 0.5) is 8.78 Å². The summed E-state index contributed by atoms with van der Waals surface area (Å²) in [6.45, 7) is 2.60. The SMILES string of the molecule is CCCOc1ccc(C(=O)c2ccc(F)c(F)c2Br)cc1. The van der Waals surface area contributed by atoms with E-state index in [9.17, 15) is 13.6 Å². The molecule has 0 amide bonds. The first-order valence-corrected chi connectivity index (χ1v) is 7.25. The predicted molar refractivity (Wildman–Crippen MR) is 79.7 cm³/mol. The molecule has 0 saturated heterocycles. The maximum absolute atomic E-state index is 13.5. The second-order valence-electron chi connectivity index (χ2n) is 4.42. The van der Waals surface area contributed by atoms with Crippen molar-refractivity contribution in [1.82, 2.24) is 0 Å². The van der Waals surface area contributed by atoms with Crippen LogP contribution in [0.25, 0.3) is 0 Å². The summed E-state index contributed by atoms with van der Waals surface area (Å²) in [5.74, 6) is -1.79. The molecule has 0 bridgehead atoms. The first-order valence-electron chi connectivity index (χ1n) is 6.45. The monoisotopic (exact) mass is 354 g/mol. The second-order valence-corrected chi connectivity index (χ2v) is 5.22. The number of hydrogen-bond donors (Lipinski definition) is 0. The second kappa shape index (κ2) is 6.80. The fraction of sp³-hybridized carbons (Fsp3) is 0.188. The molecule has 110 valence electrons. The van der Waals surface area contributed by atoms with Gasteiger partial charge in [-0.25, -0.2) is 8.78 Å². The molecule has 0 aliphatic carbocycles. The van der Waals surface area contributed by atoms with E-state index in [-0.39, 0.29) is 15.8 Å². The maximum atomic E-state index is 13.5. The van der Waals surface area contributed by atoms with Crippen molar-refractivity contribution in [3.8, 4) is 5.75 Å². The highest BCUT2D eigenvalue weighted by Gasteiger charge is 2.18. The highest BCUT2D eigenvalue weighted by molar-refractivity contribution is 9.10. The average Bonchev–Trinajstić information content (AvgIpc) is 2.51. The Labute approximate surface area is 129 Å².